The second-order valence-electron chi connectivity index (χ2n) is 8.07. The van der Waals surface area contributed by atoms with Crippen molar-refractivity contribution in [2.75, 3.05) is 11.9 Å². The van der Waals surface area contributed by atoms with Crippen LogP contribution < -0.4 is 5.32 Å². The van der Waals surface area contributed by atoms with E-state index in [-0.39, 0.29) is 18.4 Å². The van der Waals surface area contributed by atoms with Gasteiger partial charge in [-0.2, -0.15) is 0 Å². The van der Waals surface area contributed by atoms with Crippen LogP contribution in [0, 0.1) is 12.5 Å². The predicted octanol–water partition coefficient (Wildman–Crippen LogP) is 6.24. The van der Waals surface area contributed by atoms with E-state index in [4.69, 9.17) is 11.3 Å². The maximum absolute atomic E-state index is 12.7. The largest absolute Gasteiger partial charge is 0.461 e. The summed E-state index contributed by atoms with van der Waals surface area (Å²) in [7, 11) is 1.80. The molecule has 0 radical (unpaired) electrons. The van der Waals surface area contributed by atoms with E-state index in [0.29, 0.717) is 23.4 Å². The Morgan fingerprint density at radius 2 is 1.73 bits per heavy atom. The molecule has 1 aromatic heterocycles. The minimum atomic E-state index is -0.433. The Kier molecular flexibility index (Phi) is 7.34. The van der Waals surface area contributed by atoms with Crippen molar-refractivity contribution in [3.8, 4) is 22.3 Å². The number of anilines is 1. The van der Waals surface area contributed by atoms with E-state index >= 15 is 0 Å². The molecule has 0 bridgehead atoms. The number of ether oxygens (including phenoxy) is 1. The molecule has 1 N–H and O–H groups in total. The zero-order valence-electron chi connectivity index (χ0n) is 19.7. The third kappa shape index (κ3) is 4.83. The second-order valence-corrected chi connectivity index (χ2v) is 8.07. The predicted molar refractivity (Wildman–Crippen MR) is 131 cm³/mol. The highest BCUT2D eigenvalue weighted by Gasteiger charge is 2.26. The molecule has 0 saturated heterocycles. The lowest BCUT2D eigenvalue weighted by Gasteiger charge is -2.11. The first-order valence-corrected chi connectivity index (χ1v) is 11.1. The van der Waals surface area contributed by atoms with Crippen LogP contribution in [0.3, 0.4) is 0 Å². The molecule has 6 heteroatoms. The van der Waals surface area contributed by atoms with Crippen molar-refractivity contribution in [2.24, 2.45) is 13.0 Å². The normalized spacial score (nSPS) is 10.7. The highest BCUT2D eigenvalue weighted by molar-refractivity contribution is 6.02. The van der Waals surface area contributed by atoms with Crippen LogP contribution in [-0.4, -0.2) is 23.1 Å². The number of aromatic nitrogens is 1. The van der Waals surface area contributed by atoms with Crippen LogP contribution in [0.15, 0.2) is 48.5 Å². The average molecular weight is 444 g/mol. The standard InChI is InChI=1S/C27H29N3O3/c1-7-22-24(28-5)23(25(30(22)6)27(32)33-8-2)19-14-12-18(13-15-19)20-10-9-11-21(16-20)29-26(31)17(3)4/h9-17H,7-8H2,1-4,6H3,(H,29,31). The lowest BCUT2D eigenvalue weighted by molar-refractivity contribution is -0.118. The van der Waals surface area contributed by atoms with Crippen LogP contribution in [0.2, 0.25) is 0 Å². The van der Waals surface area contributed by atoms with E-state index < -0.39 is 5.97 Å². The van der Waals surface area contributed by atoms with Crippen molar-refractivity contribution in [3.63, 3.8) is 0 Å². The molecule has 0 spiro atoms. The molecule has 1 heterocycles. The summed E-state index contributed by atoms with van der Waals surface area (Å²) in [5, 5.41) is 2.92. The van der Waals surface area contributed by atoms with Crippen LogP contribution >= 0.6 is 0 Å². The summed E-state index contributed by atoms with van der Waals surface area (Å²) in [6, 6.07) is 15.4. The van der Waals surface area contributed by atoms with Crippen molar-refractivity contribution in [1.29, 1.82) is 0 Å². The number of amides is 1. The summed E-state index contributed by atoms with van der Waals surface area (Å²) in [5.41, 5.74) is 5.74. The third-order valence-corrected chi connectivity index (χ3v) is 5.56. The number of hydrogen-bond acceptors (Lipinski definition) is 3. The van der Waals surface area contributed by atoms with E-state index in [1.54, 1.807) is 18.5 Å². The Labute approximate surface area is 195 Å². The number of nitrogens with one attached hydrogen (secondary N) is 1. The van der Waals surface area contributed by atoms with Gasteiger partial charge >= 0.3 is 5.97 Å². The van der Waals surface area contributed by atoms with Crippen molar-refractivity contribution < 1.29 is 14.3 Å². The van der Waals surface area contributed by atoms with Gasteiger partial charge in [-0.3, -0.25) is 4.79 Å². The zero-order valence-corrected chi connectivity index (χ0v) is 19.7. The number of esters is 1. The quantitative estimate of drug-likeness (QED) is 0.347. The van der Waals surface area contributed by atoms with Gasteiger partial charge in [0.25, 0.3) is 0 Å². The molecule has 0 aliphatic heterocycles. The lowest BCUT2D eigenvalue weighted by atomic mass is 9.98. The fourth-order valence-electron chi connectivity index (χ4n) is 3.85. The summed E-state index contributed by atoms with van der Waals surface area (Å²) in [6.07, 6.45) is 0.633. The minimum Gasteiger partial charge on any atom is -0.461 e. The number of nitrogens with zero attached hydrogens (tertiary/aromatic N) is 2. The van der Waals surface area contributed by atoms with Gasteiger partial charge in [-0.15, -0.1) is 0 Å². The Balaban J connectivity index is 2.03. The Bertz CT molecular complexity index is 1210. The molecule has 33 heavy (non-hydrogen) atoms. The van der Waals surface area contributed by atoms with Gasteiger partial charge in [-0.25, -0.2) is 9.64 Å². The molecule has 3 rings (SSSR count). The molecule has 0 saturated carbocycles. The molecular weight excluding hydrogens is 414 g/mol. The molecule has 2 aromatic carbocycles. The molecular formula is C27H29N3O3. The highest BCUT2D eigenvalue weighted by Crippen LogP contribution is 2.40. The maximum Gasteiger partial charge on any atom is 0.354 e. The number of hydrogen-bond donors (Lipinski definition) is 1. The van der Waals surface area contributed by atoms with Crippen molar-refractivity contribution in [1.82, 2.24) is 4.57 Å². The van der Waals surface area contributed by atoms with Crippen molar-refractivity contribution in [3.05, 3.63) is 71.3 Å². The monoisotopic (exact) mass is 443 g/mol. The average Bonchev–Trinajstić information content (AvgIpc) is 3.10. The number of benzene rings is 2. The highest BCUT2D eigenvalue weighted by atomic mass is 16.5. The topological polar surface area (TPSA) is 64.7 Å². The third-order valence-electron chi connectivity index (χ3n) is 5.56. The summed E-state index contributed by atoms with van der Waals surface area (Å²) in [5.74, 6) is -0.564. The summed E-state index contributed by atoms with van der Waals surface area (Å²) in [6.45, 7) is 15.5. The molecule has 0 fully saturated rings. The zero-order chi connectivity index (χ0) is 24.1. The van der Waals surface area contributed by atoms with Crippen LogP contribution in [0.4, 0.5) is 11.4 Å². The van der Waals surface area contributed by atoms with Gasteiger partial charge in [0.15, 0.2) is 0 Å². The first-order valence-electron chi connectivity index (χ1n) is 11.1. The summed E-state index contributed by atoms with van der Waals surface area (Å²) < 4.78 is 7.06. The van der Waals surface area contributed by atoms with E-state index in [9.17, 15) is 9.59 Å². The summed E-state index contributed by atoms with van der Waals surface area (Å²) >= 11 is 0. The lowest BCUT2D eigenvalue weighted by Crippen LogP contribution is -2.17. The summed E-state index contributed by atoms with van der Waals surface area (Å²) in [4.78, 5) is 28.5. The molecule has 0 aliphatic carbocycles. The van der Waals surface area contributed by atoms with Gasteiger partial charge in [0.2, 0.25) is 11.6 Å². The van der Waals surface area contributed by atoms with E-state index in [1.165, 1.54) is 0 Å². The maximum atomic E-state index is 12.7. The van der Waals surface area contributed by atoms with Gasteiger partial charge in [0.05, 0.1) is 13.2 Å². The molecule has 6 nitrogen and oxygen atoms in total. The van der Waals surface area contributed by atoms with E-state index in [2.05, 4.69) is 10.2 Å². The Morgan fingerprint density at radius 3 is 2.30 bits per heavy atom. The number of carbonyl (C=O) groups is 2. The van der Waals surface area contributed by atoms with Crippen molar-refractivity contribution in [2.45, 2.75) is 34.1 Å². The number of rotatable bonds is 7. The molecule has 0 atom stereocenters. The first kappa shape index (κ1) is 23.8. The van der Waals surface area contributed by atoms with Gasteiger partial charge in [0.1, 0.15) is 5.69 Å². The fourth-order valence-corrected chi connectivity index (χ4v) is 3.85. The van der Waals surface area contributed by atoms with Gasteiger partial charge < -0.3 is 14.6 Å². The number of carbonyl (C=O) groups excluding carboxylic acids is 2. The van der Waals surface area contributed by atoms with Crippen molar-refractivity contribution >= 4 is 23.3 Å². The fraction of sp³-hybridized carbons (Fsp3) is 0.296. The van der Waals surface area contributed by atoms with Crippen LogP contribution in [0.1, 0.15) is 43.9 Å². The molecule has 0 unspecified atom stereocenters. The molecule has 3 aromatic rings. The van der Waals surface area contributed by atoms with Crippen LogP contribution in [0.5, 0.6) is 0 Å². The van der Waals surface area contributed by atoms with Gasteiger partial charge in [-0.1, -0.05) is 57.2 Å². The SMILES string of the molecule is [C-]#[N+]c1c(-c2ccc(-c3cccc(NC(=O)C(C)C)c3)cc2)c(C(=O)OCC)n(C)c1CC. The Hall–Kier alpha value is -3.85. The van der Waals surface area contributed by atoms with Gasteiger partial charge in [0, 0.05) is 29.9 Å². The first-order chi connectivity index (χ1) is 15.8. The molecule has 0 aliphatic rings. The molecule has 170 valence electrons. The van der Waals surface area contributed by atoms with E-state index in [1.807, 2.05) is 69.3 Å². The second kappa shape index (κ2) is 10.2. The van der Waals surface area contributed by atoms with E-state index in [0.717, 1.165) is 28.1 Å². The van der Waals surface area contributed by atoms with Crippen LogP contribution in [-0.2, 0) is 23.0 Å². The molecule has 1 amide bonds. The Morgan fingerprint density at radius 1 is 1.06 bits per heavy atom. The minimum absolute atomic E-state index is 0.0310. The van der Waals surface area contributed by atoms with Crippen LogP contribution in [0.25, 0.3) is 27.1 Å². The van der Waals surface area contributed by atoms with Gasteiger partial charge in [-0.05, 0) is 42.2 Å². The smallest absolute Gasteiger partial charge is 0.354 e.